The zero-order chi connectivity index (χ0) is 13.3. The van der Waals surface area contributed by atoms with Crippen LogP contribution < -0.4 is 0 Å². The Morgan fingerprint density at radius 1 is 1.22 bits per heavy atom. The molecule has 0 aromatic heterocycles. The number of hydrogen-bond donors (Lipinski definition) is 0. The first-order chi connectivity index (χ1) is 8.54. The van der Waals surface area contributed by atoms with Crippen LogP contribution in [0.15, 0.2) is 0 Å². The Labute approximate surface area is 112 Å². The average Bonchev–Trinajstić information content (AvgIpc) is 3.09. The Balaban J connectivity index is 2.08. The molecule has 0 radical (unpaired) electrons. The summed E-state index contributed by atoms with van der Waals surface area (Å²) in [6.07, 6.45) is 3.36. The zero-order valence-corrected chi connectivity index (χ0v) is 11.8. The second kappa shape index (κ2) is 5.16. The topological polar surface area (TPSA) is 51.2 Å². The molecule has 100 valence electrons. The van der Waals surface area contributed by atoms with E-state index in [4.69, 9.17) is 0 Å². The van der Waals surface area contributed by atoms with Crippen molar-refractivity contribution >= 4 is 29.1 Å². The van der Waals surface area contributed by atoms with E-state index in [1.54, 1.807) is 6.92 Å². The minimum absolute atomic E-state index is 0.133. The van der Waals surface area contributed by atoms with Gasteiger partial charge in [0.1, 0.15) is 5.92 Å². The molecule has 0 heterocycles. The van der Waals surface area contributed by atoms with E-state index in [1.807, 2.05) is 11.8 Å². The summed E-state index contributed by atoms with van der Waals surface area (Å²) in [6.45, 7) is 3.82. The van der Waals surface area contributed by atoms with Gasteiger partial charge < -0.3 is 0 Å². The summed E-state index contributed by atoms with van der Waals surface area (Å²) in [5.74, 6) is -0.207. The molecule has 0 bridgehead atoms. The van der Waals surface area contributed by atoms with Crippen molar-refractivity contribution in [3.63, 3.8) is 0 Å². The first-order valence-electron chi connectivity index (χ1n) is 6.76. The molecule has 4 heteroatoms. The molecule has 2 fully saturated rings. The van der Waals surface area contributed by atoms with E-state index < -0.39 is 5.92 Å². The predicted octanol–water partition coefficient (Wildman–Crippen LogP) is 2.42. The molecule has 0 aromatic carbocycles. The van der Waals surface area contributed by atoms with E-state index in [9.17, 15) is 14.4 Å². The van der Waals surface area contributed by atoms with Gasteiger partial charge in [-0.15, -0.1) is 0 Å². The fourth-order valence-corrected chi connectivity index (χ4v) is 4.36. The largest absolute Gasteiger partial charge is 0.298 e. The molecule has 0 atom stereocenters. The van der Waals surface area contributed by atoms with Gasteiger partial charge in [0, 0.05) is 24.0 Å². The lowest BCUT2D eigenvalue weighted by Crippen LogP contribution is -2.41. The van der Waals surface area contributed by atoms with Gasteiger partial charge in [0.15, 0.2) is 17.3 Å². The Kier molecular flexibility index (Phi) is 3.95. The third-order valence-corrected chi connectivity index (χ3v) is 5.73. The molecule has 18 heavy (non-hydrogen) atoms. The Hall–Kier alpha value is -0.640. The first kappa shape index (κ1) is 13.8. The fraction of sp³-hybridized carbons (Fsp3) is 0.786. The number of thioether (sulfide) groups is 1. The molecular formula is C14H20O3S. The number of hydrogen-bond acceptors (Lipinski definition) is 4. The van der Waals surface area contributed by atoms with Crippen LogP contribution in [0.1, 0.15) is 46.0 Å². The maximum atomic E-state index is 12.0. The Morgan fingerprint density at radius 3 is 2.17 bits per heavy atom. The van der Waals surface area contributed by atoms with Crippen LogP contribution in [0.5, 0.6) is 0 Å². The van der Waals surface area contributed by atoms with Gasteiger partial charge in [-0.3, -0.25) is 14.4 Å². The van der Waals surface area contributed by atoms with Crippen LogP contribution in [-0.2, 0) is 14.4 Å². The zero-order valence-electron chi connectivity index (χ0n) is 11.0. The molecular weight excluding hydrogens is 248 g/mol. The highest BCUT2D eigenvalue weighted by atomic mass is 32.2. The number of Topliss-reactive ketones (excluding diaryl/α,β-unsaturated/α-hetero) is 3. The van der Waals surface area contributed by atoms with Crippen molar-refractivity contribution in [2.24, 2.45) is 11.8 Å². The van der Waals surface area contributed by atoms with E-state index in [0.717, 1.165) is 18.6 Å². The summed E-state index contributed by atoms with van der Waals surface area (Å²) in [5, 5.41) is 0. The van der Waals surface area contributed by atoms with Crippen molar-refractivity contribution in [3.8, 4) is 0 Å². The summed E-state index contributed by atoms with van der Waals surface area (Å²) in [7, 11) is 0. The normalized spacial score (nSPS) is 30.3. The molecule has 0 aromatic rings. The highest BCUT2D eigenvalue weighted by Crippen LogP contribution is 2.57. The lowest BCUT2D eigenvalue weighted by atomic mass is 9.75. The van der Waals surface area contributed by atoms with E-state index in [0.29, 0.717) is 12.8 Å². The van der Waals surface area contributed by atoms with E-state index in [1.165, 1.54) is 0 Å². The van der Waals surface area contributed by atoms with Crippen LogP contribution in [0.25, 0.3) is 0 Å². The van der Waals surface area contributed by atoms with Crippen molar-refractivity contribution in [3.05, 3.63) is 0 Å². The first-order valence-corrected chi connectivity index (χ1v) is 7.74. The number of ketones is 3. The SMILES string of the molecule is CCSC1(C2CC(=O)C(C(=O)CC)C(=O)C2)CC1. The summed E-state index contributed by atoms with van der Waals surface area (Å²) < 4.78 is 0.167. The molecule has 0 saturated heterocycles. The minimum atomic E-state index is -0.936. The average molecular weight is 268 g/mol. The summed E-state index contributed by atoms with van der Waals surface area (Å²) >= 11 is 1.88. The van der Waals surface area contributed by atoms with Gasteiger partial charge in [-0.05, 0) is 24.5 Å². The maximum absolute atomic E-state index is 12.0. The van der Waals surface area contributed by atoms with E-state index in [-0.39, 0.29) is 34.4 Å². The van der Waals surface area contributed by atoms with Gasteiger partial charge in [0.05, 0.1) is 0 Å². The molecule has 0 unspecified atom stereocenters. The Morgan fingerprint density at radius 2 is 1.78 bits per heavy atom. The van der Waals surface area contributed by atoms with Crippen LogP contribution in [0.4, 0.5) is 0 Å². The minimum Gasteiger partial charge on any atom is -0.298 e. The molecule has 2 saturated carbocycles. The lowest BCUT2D eigenvalue weighted by molar-refractivity contribution is -0.143. The molecule has 2 aliphatic rings. The summed E-state index contributed by atoms with van der Waals surface area (Å²) in [5.41, 5.74) is 0. The lowest BCUT2D eigenvalue weighted by Gasteiger charge is -2.31. The smallest absolute Gasteiger partial charge is 0.151 e. The highest BCUT2D eigenvalue weighted by molar-refractivity contribution is 8.00. The predicted molar refractivity (Wildman–Crippen MR) is 71.6 cm³/mol. The molecule has 0 aliphatic heterocycles. The summed E-state index contributed by atoms with van der Waals surface area (Å²) in [6, 6.07) is 0. The molecule has 0 N–H and O–H groups in total. The maximum Gasteiger partial charge on any atom is 0.151 e. The van der Waals surface area contributed by atoms with Crippen molar-refractivity contribution in [1.82, 2.24) is 0 Å². The van der Waals surface area contributed by atoms with Gasteiger partial charge in [-0.1, -0.05) is 13.8 Å². The third kappa shape index (κ3) is 2.40. The second-order valence-corrected chi connectivity index (χ2v) is 6.97. The number of carbonyl (C=O) groups is 3. The van der Waals surface area contributed by atoms with Crippen molar-refractivity contribution in [2.45, 2.75) is 50.7 Å². The van der Waals surface area contributed by atoms with Crippen LogP contribution in [0.2, 0.25) is 0 Å². The molecule has 2 aliphatic carbocycles. The molecule has 0 amide bonds. The van der Waals surface area contributed by atoms with Crippen LogP contribution in [-0.4, -0.2) is 27.8 Å². The van der Waals surface area contributed by atoms with Crippen molar-refractivity contribution in [1.29, 1.82) is 0 Å². The van der Waals surface area contributed by atoms with Crippen LogP contribution in [0.3, 0.4) is 0 Å². The van der Waals surface area contributed by atoms with Gasteiger partial charge in [-0.25, -0.2) is 0 Å². The van der Waals surface area contributed by atoms with Gasteiger partial charge in [0.25, 0.3) is 0 Å². The van der Waals surface area contributed by atoms with Crippen molar-refractivity contribution in [2.75, 3.05) is 5.75 Å². The van der Waals surface area contributed by atoms with Crippen LogP contribution >= 0.6 is 11.8 Å². The second-order valence-electron chi connectivity index (χ2n) is 5.29. The number of carbonyl (C=O) groups excluding carboxylic acids is 3. The van der Waals surface area contributed by atoms with Gasteiger partial charge in [-0.2, -0.15) is 11.8 Å². The Bertz CT molecular complexity index is 367. The van der Waals surface area contributed by atoms with Crippen molar-refractivity contribution < 1.29 is 14.4 Å². The quantitative estimate of drug-likeness (QED) is 0.719. The monoisotopic (exact) mass is 268 g/mol. The van der Waals surface area contributed by atoms with E-state index >= 15 is 0 Å². The molecule has 2 rings (SSSR count). The standard InChI is InChI=1S/C14H20O3S/c1-3-10(15)13-11(16)7-9(8-12(13)17)14(5-6-14)18-4-2/h9,13H,3-8H2,1-2H3. The van der Waals surface area contributed by atoms with Crippen LogP contribution in [0, 0.1) is 11.8 Å². The third-order valence-electron chi connectivity index (χ3n) is 4.13. The van der Waals surface area contributed by atoms with Gasteiger partial charge >= 0.3 is 0 Å². The summed E-state index contributed by atoms with van der Waals surface area (Å²) in [4.78, 5) is 35.7. The molecule has 3 nitrogen and oxygen atoms in total. The number of rotatable bonds is 5. The molecule has 0 spiro atoms. The van der Waals surface area contributed by atoms with Gasteiger partial charge in [0.2, 0.25) is 0 Å². The fourth-order valence-electron chi connectivity index (χ4n) is 2.99. The van der Waals surface area contributed by atoms with E-state index in [2.05, 4.69) is 6.92 Å². The highest BCUT2D eigenvalue weighted by Gasteiger charge is 2.53.